The number of hydrogen-bond acceptors (Lipinski definition) is 2. The lowest BCUT2D eigenvalue weighted by atomic mass is 10.5. The molecule has 56 valence electrons. The summed E-state index contributed by atoms with van der Waals surface area (Å²) in [5.41, 5.74) is 1.94. The number of nitrogens with one attached hydrogen (secondary N) is 1. The van der Waals surface area contributed by atoms with Crippen molar-refractivity contribution in [1.29, 1.82) is 0 Å². The number of aromatic amines is 1. The predicted octanol–water partition coefficient (Wildman–Crippen LogP) is 0.265. The van der Waals surface area contributed by atoms with E-state index in [1.807, 2.05) is 10.9 Å². The van der Waals surface area contributed by atoms with Gasteiger partial charge in [-0.25, -0.2) is 9.55 Å². The Kier molecular flexibility index (Phi) is 1.31. The average Bonchev–Trinajstić information content (AvgIpc) is 2.47. The van der Waals surface area contributed by atoms with Crippen molar-refractivity contribution < 1.29 is 4.57 Å². The Morgan fingerprint density at radius 1 is 1.64 bits per heavy atom. The molecular weight excluding hydrogens is 140 g/mol. The summed E-state index contributed by atoms with van der Waals surface area (Å²) in [7, 11) is 0. The van der Waals surface area contributed by atoms with E-state index in [0.717, 1.165) is 17.7 Å². The summed E-state index contributed by atoms with van der Waals surface area (Å²) in [6.45, 7) is 3.01. The molecule has 0 spiro atoms. The van der Waals surface area contributed by atoms with Crippen molar-refractivity contribution in [3.63, 3.8) is 0 Å². The van der Waals surface area contributed by atoms with Crippen molar-refractivity contribution in [2.45, 2.75) is 13.5 Å². The molecule has 1 N–H and O–H groups in total. The summed E-state index contributed by atoms with van der Waals surface area (Å²) in [6, 6.07) is 0. The molecule has 0 aliphatic carbocycles. The summed E-state index contributed by atoms with van der Waals surface area (Å²) in [6.07, 6.45) is 5.23. The molecule has 0 saturated carbocycles. The standard InChI is InChI=1S/C7H8N4/c1-2-11-5-10-6-3-8-4-9-7(6)11/h3-5H,2H2,1H3/p+1. The van der Waals surface area contributed by atoms with Gasteiger partial charge < -0.3 is 0 Å². The average molecular weight is 149 g/mol. The monoisotopic (exact) mass is 149 g/mol. The highest BCUT2D eigenvalue weighted by Gasteiger charge is 2.07. The number of H-pyrrole nitrogens is 1. The number of aromatic nitrogens is 4. The lowest BCUT2D eigenvalue weighted by Crippen LogP contribution is -2.30. The minimum atomic E-state index is 0.928. The minimum absolute atomic E-state index is 0.928. The normalized spacial score (nSPS) is 10.6. The molecule has 0 unspecified atom stereocenters. The molecule has 2 aromatic heterocycles. The third-order valence-electron chi connectivity index (χ3n) is 1.68. The van der Waals surface area contributed by atoms with E-state index in [2.05, 4.69) is 21.9 Å². The number of nitrogens with zero attached hydrogens (tertiary/aromatic N) is 3. The molecule has 0 aliphatic heterocycles. The van der Waals surface area contributed by atoms with Gasteiger partial charge in [-0.2, -0.15) is 0 Å². The Hall–Kier alpha value is -1.45. The number of aryl methyl sites for hydroxylation is 1. The molecule has 11 heavy (non-hydrogen) atoms. The zero-order chi connectivity index (χ0) is 7.68. The van der Waals surface area contributed by atoms with Crippen molar-refractivity contribution in [1.82, 2.24) is 15.0 Å². The van der Waals surface area contributed by atoms with Gasteiger partial charge in [0.1, 0.15) is 0 Å². The molecule has 0 atom stereocenters. The Balaban J connectivity index is 2.76. The van der Waals surface area contributed by atoms with Gasteiger partial charge in [0, 0.05) is 0 Å². The van der Waals surface area contributed by atoms with E-state index in [4.69, 9.17) is 0 Å². The van der Waals surface area contributed by atoms with Crippen LogP contribution in [0.25, 0.3) is 11.2 Å². The Morgan fingerprint density at radius 2 is 2.55 bits per heavy atom. The zero-order valence-electron chi connectivity index (χ0n) is 6.28. The molecule has 2 aromatic rings. The van der Waals surface area contributed by atoms with E-state index >= 15 is 0 Å². The molecule has 0 radical (unpaired) electrons. The van der Waals surface area contributed by atoms with Gasteiger partial charge in [-0.15, -0.1) is 0 Å². The van der Waals surface area contributed by atoms with Crippen LogP contribution in [-0.2, 0) is 6.54 Å². The molecule has 2 heterocycles. The maximum absolute atomic E-state index is 4.13. The van der Waals surface area contributed by atoms with Gasteiger partial charge in [-0.1, -0.05) is 4.98 Å². The van der Waals surface area contributed by atoms with Crippen LogP contribution in [0.15, 0.2) is 18.9 Å². The summed E-state index contributed by atoms with van der Waals surface area (Å²) >= 11 is 0. The van der Waals surface area contributed by atoms with E-state index in [1.54, 1.807) is 12.5 Å². The highest BCUT2D eigenvalue weighted by molar-refractivity contribution is 5.63. The molecule has 0 saturated heterocycles. The van der Waals surface area contributed by atoms with Gasteiger partial charge in [-0.3, -0.25) is 4.98 Å². The molecule has 0 aromatic carbocycles. The largest absolute Gasteiger partial charge is 0.304 e. The maximum atomic E-state index is 4.13. The van der Waals surface area contributed by atoms with E-state index < -0.39 is 0 Å². The van der Waals surface area contributed by atoms with Gasteiger partial charge in [0.2, 0.25) is 0 Å². The third kappa shape index (κ3) is 0.869. The second-order valence-electron chi connectivity index (χ2n) is 2.32. The lowest BCUT2D eigenvalue weighted by molar-refractivity contribution is -0.669. The second-order valence-corrected chi connectivity index (χ2v) is 2.32. The van der Waals surface area contributed by atoms with Gasteiger partial charge >= 0.3 is 5.65 Å². The van der Waals surface area contributed by atoms with E-state index in [9.17, 15) is 0 Å². The third-order valence-corrected chi connectivity index (χ3v) is 1.68. The maximum Gasteiger partial charge on any atom is 0.304 e. The first-order chi connectivity index (χ1) is 5.42. The number of hydrogen-bond donors (Lipinski definition) is 1. The van der Waals surface area contributed by atoms with Crippen LogP contribution in [0.2, 0.25) is 0 Å². The number of imidazole rings is 1. The van der Waals surface area contributed by atoms with Gasteiger partial charge in [0.15, 0.2) is 18.2 Å². The molecular formula is C7H9N4+. The van der Waals surface area contributed by atoms with Crippen LogP contribution in [-0.4, -0.2) is 15.0 Å². The molecule has 2 rings (SSSR count). The molecule has 0 amide bonds. The fourth-order valence-electron chi connectivity index (χ4n) is 1.10. The first-order valence-electron chi connectivity index (χ1n) is 3.58. The molecule has 0 aliphatic rings. The van der Waals surface area contributed by atoms with Crippen LogP contribution >= 0.6 is 0 Å². The SMILES string of the molecule is CC[n+]1c[nH]c2cncnc21. The van der Waals surface area contributed by atoms with Crippen LogP contribution in [0.4, 0.5) is 0 Å². The first-order valence-corrected chi connectivity index (χ1v) is 3.58. The van der Waals surface area contributed by atoms with E-state index in [1.165, 1.54) is 0 Å². The van der Waals surface area contributed by atoms with Crippen LogP contribution in [0.5, 0.6) is 0 Å². The van der Waals surface area contributed by atoms with Crippen molar-refractivity contribution in [3.8, 4) is 0 Å². The van der Waals surface area contributed by atoms with Gasteiger partial charge in [0.05, 0.1) is 12.7 Å². The van der Waals surface area contributed by atoms with Crippen LogP contribution in [0, 0.1) is 0 Å². The summed E-state index contributed by atoms with van der Waals surface area (Å²) in [5.74, 6) is 0. The topological polar surface area (TPSA) is 45.5 Å². The smallest absolute Gasteiger partial charge is 0.273 e. The zero-order valence-corrected chi connectivity index (χ0v) is 6.28. The van der Waals surface area contributed by atoms with Crippen molar-refractivity contribution in [2.24, 2.45) is 0 Å². The first kappa shape index (κ1) is 6.27. The van der Waals surface area contributed by atoms with Crippen LogP contribution in [0.1, 0.15) is 6.92 Å². The molecule has 0 bridgehead atoms. The molecule has 0 fully saturated rings. The van der Waals surface area contributed by atoms with Gasteiger partial charge in [0.25, 0.3) is 0 Å². The number of rotatable bonds is 1. The van der Waals surface area contributed by atoms with Crippen molar-refractivity contribution in [3.05, 3.63) is 18.9 Å². The Bertz CT molecular complexity index is 365. The van der Waals surface area contributed by atoms with Crippen molar-refractivity contribution in [2.75, 3.05) is 0 Å². The van der Waals surface area contributed by atoms with Gasteiger partial charge in [-0.05, 0) is 6.92 Å². The van der Waals surface area contributed by atoms with Crippen LogP contribution < -0.4 is 4.57 Å². The minimum Gasteiger partial charge on any atom is -0.273 e. The quantitative estimate of drug-likeness (QED) is 0.591. The fraction of sp³-hybridized carbons (Fsp3) is 0.286. The van der Waals surface area contributed by atoms with Crippen LogP contribution in [0.3, 0.4) is 0 Å². The second kappa shape index (κ2) is 2.30. The number of fused-ring (bicyclic) bond motifs is 1. The highest BCUT2D eigenvalue weighted by Crippen LogP contribution is 1.98. The van der Waals surface area contributed by atoms with Crippen molar-refractivity contribution >= 4 is 11.2 Å². The molecule has 4 heteroatoms. The Labute approximate surface area is 63.9 Å². The predicted molar refractivity (Wildman–Crippen MR) is 39.8 cm³/mol. The summed E-state index contributed by atoms with van der Waals surface area (Å²) in [5, 5.41) is 0. The highest BCUT2D eigenvalue weighted by atomic mass is 15.1. The van der Waals surface area contributed by atoms with E-state index in [0.29, 0.717) is 0 Å². The summed E-state index contributed by atoms with van der Waals surface area (Å²) in [4.78, 5) is 11.1. The van der Waals surface area contributed by atoms with E-state index in [-0.39, 0.29) is 0 Å². The summed E-state index contributed by atoms with van der Waals surface area (Å²) < 4.78 is 2.04. The Morgan fingerprint density at radius 3 is 3.36 bits per heavy atom. The lowest BCUT2D eigenvalue weighted by Gasteiger charge is -1.86. The molecule has 4 nitrogen and oxygen atoms in total. The fourth-order valence-corrected chi connectivity index (χ4v) is 1.10.